The van der Waals surface area contributed by atoms with E-state index in [1.54, 1.807) is 0 Å². The van der Waals surface area contributed by atoms with E-state index in [0.717, 1.165) is 36.1 Å². The molecule has 0 fully saturated rings. The minimum atomic E-state index is -4.44. The average Bonchev–Trinajstić information content (AvgIpc) is 2.64. The Morgan fingerprint density at radius 3 is 2.38 bits per heavy atom. The molecule has 0 aromatic heterocycles. The summed E-state index contributed by atoms with van der Waals surface area (Å²) in [4.78, 5) is 12.3. The molecule has 136 valence electrons. The highest BCUT2D eigenvalue weighted by Gasteiger charge is 2.30. The van der Waals surface area contributed by atoms with E-state index in [0.29, 0.717) is 6.42 Å². The molecule has 1 aliphatic rings. The van der Waals surface area contributed by atoms with Gasteiger partial charge in [0.25, 0.3) is 0 Å². The molecular weight excluding hydrogens is 337 g/mol. The number of carbonyl (C=O) groups is 1. The number of alkyl halides is 3. The first kappa shape index (κ1) is 18.4. The van der Waals surface area contributed by atoms with Crippen molar-refractivity contribution in [2.45, 2.75) is 44.7 Å². The fourth-order valence-corrected chi connectivity index (χ4v) is 3.38. The molecule has 0 unspecified atom stereocenters. The predicted molar refractivity (Wildman–Crippen MR) is 97.1 cm³/mol. The van der Waals surface area contributed by atoms with Crippen molar-refractivity contribution in [1.82, 2.24) is 0 Å². The molecular formula is C22H21F3O. The highest BCUT2D eigenvalue weighted by atomic mass is 19.4. The Balaban J connectivity index is 1.65. The van der Waals surface area contributed by atoms with Crippen molar-refractivity contribution in [3.05, 3.63) is 76.9 Å². The number of allylic oxidation sites excluding steroid dienone is 1. The second-order valence-electron chi connectivity index (χ2n) is 6.80. The third kappa shape index (κ3) is 4.24. The predicted octanol–water partition coefficient (Wildman–Crippen LogP) is 6.26. The summed E-state index contributed by atoms with van der Waals surface area (Å²) in [5.41, 5.74) is 3.89. The smallest absolute Gasteiger partial charge is 0.294 e. The van der Waals surface area contributed by atoms with Gasteiger partial charge in [-0.25, -0.2) is 0 Å². The molecule has 4 heteroatoms. The van der Waals surface area contributed by atoms with Crippen LogP contribution >= 0.6 is 0 Å². The van der Waals surface area contributed by atoms with Crippen molar-refractivity contribution in [2.24, 2.45) is 0 Å². The second-order valence-corrected chi connectivity index (χ2v) is 6.80. The van der Waals surface area contributed by atoms with Crippen molar-refractivity contribution >= 4 is 11.4 Å². The highest BCUT2D eigenvalue weighted by Crippen LogP contribution is 2.30. The summed E-state index contributed by atoms with van der Waals surface area (Å²) in [6.07, 6.45) is 0.736. The molecule has 0 heterocycles. The lowest BCUT2D eigenvalue weighted by Crippen LogP contribution is -2.07. The van der Waals surface area contributed by atoms with Crippen LogP contribution in [0, 0.1) is 0 Å². The largest absolute Gasteiger partial charge is 0.416 e. The fraction of sp³-hybridized carbons (Fsp3) is 0.318. The first-order valence-corrected chi connectivity index (χ1v) is 8.85. The lowest BCUT2D eigenvalue weighted by atomic mass is 9.88. The normalized spacial score (nSPS) is 14.0. The Kier molecular flexibility index (Phi) is 5.30. The average molecular weight is 358 g/mol. The Morgan fingerprint density at radius 1 is 0.923 bits per heavy atom. The highest BCUT2D eigenvalue weighted by molar-refractivity contribution is 5.97. The molecule has 0 spiro atoms. The fourth-order valence-electron chi connectivity index (χ4n) is 3.38. The van der Waals surface area contributed by atoms with E-state index in [9.17, 15) is 18.0 Å². The SMILES string of the molecule is C=C(CCC(=O)c1cccc(C(F)(F)F)c1)c1ccc2c(c1)CCCC2. The van der Waals surface area contributed by atoms with Crippen LogP contribution in [0.4, 0.5) is 13.2 Å². The summed E-state index contributed by atoms with van der Waals surface area (Å²) in [6.45, 7) is 4.06. The van der Waals surface area contributed by atoms with Gasteiger partial charge in [-0.05, 0) is 66.5 Å². The summed E-state index contributed by atoms with van der Waals surface area (Å²) < 4.78 is 38.3. The van der Waals surface area contributed by atoms with E-state index in [1.165, 1.54) is 36.1 Å². The van der Waals surface area contributed by atoms with Gasteiger partial charge in [-0.2, -0.15) is 13.2 Å². The summed E-state index contributed by atoms with van der Waals surface area (Å²) in [5.74, 6) is -0.296. The van der Waals surface area contributed by atoms with Crippen LogP contribution in [0.1, 0.15) is 58.3 Å². The molecule has 0 atom stereocenters. The van der Waals surface area contributed by atoms with E-state index >= 15 is 0 Å². The lowest BCUT2D eigenvalue weighted by molar-refractivity contribution is -0.137. The van der Waals surface area contributed by atoms with E-state index < -0.39 is 11.7 Å². The molecule has 1 nitrogen and oxygen atoms in total. The molecule has 0 saturated heterocycles. The number of hydrogen-bond donors (Lipinski definition) is 0. The van der Waals surface area contributed by atoms with Crippen LogP contribution in [-0.2, 0) is 19.0 Å². The number of Topliss-reactive ketones (excluding diaryl/α,β-unsaturated/α-hetero) is 1. The molecule has 1 aliphatic carbocycles. The first-order chi connectivity index (χ1) is 12.3. The minimum Gasteiger partial charge on any atom is -0.294 e. The van der Waals surface area contributed by atoms with Gasteiger partial charge in [0, 0.05) is 12.0 Å². The van der Waals surface area contributed by atoms with Crippen molar-refractivity contribution in [1.29, 1.82) is 0 Å². The van der Waals surface area contributed by atoms with Crippen LogP contribution in [0.5, 0.6) is 0 Å². The van der Waals surface area contributed by atoms with Gasteiger partial charge < -0.3 is 0 Å². The zero-order valence-corrected chi connectivity index (χ0v) is 14.5. The number of ketones is 1. The minimum absolute atomic E-state index is 0.0954. The standard InChI is InChI=1S/C22H21F3O/c1-15(17-11-10-16-5-2-3-6-18(16)13-17)9-12-21(26)19-7-4-8-20(14-19)22(23,24)25/h4,7-8,10-11,13-14H,1-3,5-6,9,12H2. The maximum absolute atomic E-state index is 12.8. The van der Waals surface area contributed by atoms with Gasteiger partial charge >= 0.3 is 6.18 Å². The maximum atomic E-state index is 12.8. The zero-order valence-electron chi connectivity index (χ0n) is 14.5. The third-order valence-corrected chi connectivity index (χ3v) is 4.92. The number of carbonyl (C=O) groups excluding carboxylic acids is 1. The number of fused-ring (bicyclic) bond motifs is 1. The van der Waals surface area contributed by atoms with Crippen molar-refractivity contribution in [2.75, 3.05) is 0 Å². The van der Waals surface area contributed by atoms with Crippen LogP contribution < -0.4 is 0 Å². The van der Waals surface area contributed by atoms with Gasteiger partial charge in [-0.3, -0.25) is 4.79 Å². The summed E-state index contributed by atoms with van der Waals surface area (Å²) in [5, 5.41) is 0. The Bertz CT molecular complexity index is 834. The van der Waals surface area contributed by atoms with Crippen LogP contribution in [-0.4, -0.2) is 5.78 Å². The number of halogens is 3. The third-order valence-electron chi connectivity index (χ3n) is 4.92. The van der Waals surface area contributed by atoms with Crippen molar-refractivity contribution < 1.29 is 18.0 Å². The van der Waals surface area contributed by atoms with Gasteiger partial charge in [0.1, 0.15) is 0 Å². The van der Waals surface area contributed by atoms with Gasteiger partial charge in [-0.15, -0.1) is 0 Å². The Morgan fingerprint density at radius 2 is 1.65 bits per heavy atom. The molecule has 3 rings (SSSR count). The van der Waals surface area contributed by atoms with Gasteiger partial charge in [0.15, 0.2) is 5.78 Å². The van der Waals surface area contributed by atoms with Gasteiger partial charge in [0.05, 0.1) is 5.56 Å². The van der Waals surface area contributed by atoms with E-state index in [1.807, 2.05) is 6.07 Å². The first-order valence-electron chi connectivity index (χ1n) is 8.85. The quantitative estimate of drug-likeness (QED) is 0.577. The lowest BCUT2D eigenvalue weighted by Gasteiger charge is -2.17. The summed E-state index contributed by atoms with van der Waals surface area (Å²) >= 11 is 0. The molecule has 0 radical (unpaired) electrons. The second kappa shape index (κ2) is 7.48. The Labute approximate surface area is 151 Å². The topological polar surface area (TPSA) is 17.1 Å². The molecule has 0 bridgehead atoms. The van der Waals surface area contributed by atoms with Gasteiger partial charge in [-0.1, -0.05) is 36.9 Å². The van der Waals surface area contributed by atoms with Crippen molar-refractivity contribution in [3.63, 3.8) is 0 Å². The Hall–Kier alpha value is -2.36. The van der Waals surface area contributed by atoms with Crippen molar-refractivity contribution in [3.8, 4) is 0 Å². The van der Waals surface area contributed by atoms with E-state index in [4.69, 9.17) is 0 Å². The molecule has 0 saturated carbocycles. The number of benzene rings is 2. The molecule has 0 aliphatic heterocycles. The molecule has 2 aromatic rings. The van der Waals surface area contributed by atoms with E-state index in [-0.39, 0.29) is 17.8 Å². The van der Waals surface area contributed by atoms with E-state index in [2.05, 4.69) is 18.7 Å². The molecule has 0 amide bonds. The van der Waals surface area contributed by atoms with Crippen LogP contribution in [0.15, 0.2) is 49.0 Å². The molecule has 2 aromatic carbocycles. The monoisotopic (exact) mass is 358 g/mol. The number of rotatable bonds is 5. The summed E-state index contributed by atoms with van der Waals surface area (Å²) in [6, 6.07) is 10.9. The van der Waals surface area contributed by atoms with Crippen LogP contribution in [0.3, 0.4) is 0 Å². The van der Waals surface area contributed by atoms with Crippen LogP contribution in [0.25, 0.3) is 5.57 Å². The van der Waals surface area contributed by atoms with Crippen LogP contribution in [0.2, 0.25) is 0 Å². The molecule has 0 N–H and O–H groups in total. The summed E-state index contributed by atoms with van der Waals surface area (Å²) in [7, 11) is 0. The maximum Gasteiger partial charge on any atom is 0.416 e. The zero-order chi connectivity index (χ0) is 18.7. The number of hydrogen-bond acceptors (Lipinski definition) is 1. The number of aryl methyl sites for hydroxylation is 2. The van der Waals surface area contributed by atoms with Gasteiger partial charge in [0.2, 0.25) is 0 Å². The molecule has 26 heavy (non-hydrogen) atoms.